The number of benzene rings is 1. The molecule has 2 N–H and O–H groups in total. The number of halogens is 1. The van der Waals surface area contributed by atoms with Crippen LogP contribution in [0, 0.1) is 5.82 Å². The zero-order valence-corrected chi connectivity index (χ0v) is 16.1. The van der Waals surface area contributed by atoms with E-state index in [4.69, 9.17) is 4.74 Å². The molecule has 2 aromatic heterocycles. The van der Waals surface area contributed by atoms with Gasteiger partial charge in [0.1, 0.15) is 23.5 Å². The predicted octanol–water partition coefficient (Wildman–Crippen LogP) is 2.43. The molecular formula is C20H25FN6O. The number of rotatable bonds is 8. The number of pyridine rings is 1. The van der Waals surface area contributed by atoms with Gasteiger partial charge in [-0.3, -0.25) is 4.40 Å². The highest BCUT2D eigenvalue weighted by atomic mass is 19.1. The highest BCUT2D eigenvalue weighted by Crippen LogP contribution is 2.13. The molecule has 0 aliphatic heterocycles. The molecule has 0 bridgehead atoms. The number of fused-ring (bicyclic) bond motifs is 1. The standard InChI is InChI=1S/C20H25FN6O/c1-3-22-20(24-14-15(2)28-17-9-7-16(21)8-10-17)23-12-11-19-26-25-18-6-4-5-13-27(18)19/h4-10,13,15H,3,11-12,14H2,1-2H3,(H2,22,23,24). The van der Waals surface area contributed by atoms with Crippen LogP contribution < -0.4 is 15.4 Å². The maximum atomic E-state index is 13.0. The van der Waals surface area contributed by atoms with Crippen molar-refractivity contribution in [3.8, 4) is 5.75 Å². The number of aliphatic imine (C=N–C) groups is 1. The van der Waals surface area contributed by atoms with Gasteiger partial charge in [-0.05, 0) is 50.2 Å². The normalized spacial score (nSPS) is 12.8. The largest absolute Gasteiger partial charge is 0.489 e. The van der Waals surface area contributed by atoms with Gasteiger partial charge in [0.25, 0.3) is 0 Å². The first kappa shape index (κ1) is 19.6. The Morgan fingerprint density at radius 1 is 1.18 bits per heavy atom. The highest BCUT2D eigenvalue weighted by molar-refractivity contribution is 5.79. The average Bonchev–Trinajstić information content (AvgIpc) is 3.11. The molecule has 0 radical (unpaired) electrons. The minimum absolute atomic E-state index is 0.138. The minimum Gasteiger partial charge on any atom is -0.489 e. The van der Waals surface area contributed by atoms with Gasteiger partial charge in [0.15, 0.2) is 11.6 Å². The first-order valence-electron chi connectivity index (χ1n) is 9.38. The number of nitrogens with zero attached hydrogens (tertiary/aromatic N) is 4. The van der Waals surface area contributed by atoms with E-state index in [-0.39, 0.29) is 11.9 Å². The lowest BCUT2D eigenvalue weighted by Crippen LogP contribution is -2.39. The molecule has 0 aliphatic carbocycles. The number of ether oxygens (including phenoxy) is 1. The van der Waals surface area contributed by atoms with Crippen molar-refractivity contribution in [2.24, 2.45) is 4.99 Å². The second-order valence-electron chi connectivity index (χ2n) is 6.32. The van der Waals surface area contributed by atoms with Crippen LogP contribution in [0.3, 0.4) is 0 Å². The topological polar surface area (TPSA) is 75.8 Å². The molecular weight excluding hydrogens is 359 g/mol. The van der Waals surface area contributed by atoms with Crippen molar-refractivity contribution in [3.05, 3.63) is 60.3 Å². The smallest absolute Gasteiger partial charge is 0.191 e. The summed E-state index contributed by atoms with van der Waals surface area (Å²) in [6.45, 7) is 5.85. The molecule has 3 rings (SSSR count). The van der Waals surface area contributed by atoms with Gasteiger partial charge in [0, 0.05) is 25.7 Å². The number of hydrogen-bond donors (Lipinski definition) is 2. The molecule has 1 atom stereocenters. The van der Waals surface area contributed by atoms with E-state index in [1.807, 2.05) is 42.6 Å². The molecule has 3 aromatic rings. The lowest BCUT2D eigenvalue weighted by molar-refractivity contribution is 0.230. The Morgan fingerprint density at radius 2 is 2.00 bits per heavy atom. The number of nitrogens with one attached hydrogen (secondary N) is 2. The molecule has 8 heteroatoms. The van der Waals surface area contributed by atoms with Crippen LogP contribution in [0.1, 0.15) is 19.7 Å². The lowest BCUT2D eigenvalue weighted by atomic mass is 10.3. The predicted molar refractivity (Wildman–Crippen MR) is 107 cm³/mol. The van der Waals surface area contributed by atoms with E-state index >= 15 is 0 Å². The van der Waals surface area contributed by atoms with Gasteiger partial charge in [-0.15, -0.1) is 10.2 Å². The zero-order valence-electron chi connectivity index (χ0n) is 16.1. The van der Waals surface area contributed by atoms with Gasteiger partial charge < -0.3 is 15.4 Å². The first-order valence-corrected chi connectivity index (χ1v) is 9.38. The molecule has 28 heavy (non-hydrogen) atoms. The van der Waals surface area contributed by atoms with Crippen molar-refractivity contribution in [1.82, 2.24) is 25.2 Å². The van der Waals surface area contributed by atoms with Crippen LogP contribution in [-0.2, 0) is 6.42 Å². The third-order valence-electron chi connectivity index (χ3n) is 4.03. The maximum Gasteiger partial charge on any atom is 0.191 e. The minimum atomic E-state index is -0.280. The molecule has 0 saturated carbocycles. The van der Waals surface area contributed by atoms with E-state index < -0.39 is 0 Å². The summed E-state index contributed by atoms with van der Waals surface area (Å²) in [6.07, 6.45) is 2.54. The van der Waals surface area contributed by atoms with E-state index in [1.165, 1.54) is 12.1 Å². The van der Waals surface area contributed by atoms with E-state index in [0.717, 1.165) is 24.4 Å². The number of guanidine groups is 1. The van der Waals surface area contributed by atoms with Gasteiger partial charge in [0.2, 0.25) is 0 Å². The van der Waals surface area contributed by atoms with E-state index in [9.17, 15) is 4.39 Å². The van der Waals surface area contributed by atoms with E-state index in [2.05, 4.69) is 25.8 Å². The van der Waals surface area contributed by atoms with Crippen molar-refractivity contribution in [2.45, 2.75) is 26.4 Å². The third-order valence-corrected chi connectivity index (χ3v) is 4.03. The first-order chi connectivity index (χ1) is 13.7. The molecule has 0 fully saturated rings. The van der Waals surface area contributed by atoms with Crippen LogP contribution in [0.4, 0.5) is 4.39 Å². The Hall–Kier alpha value is -3.16. The van der Waals surface area contributed by atoms with Crippen LogP contribution in [0.5, 0.6) is 5.75 Å². The molecule has 1 unspecified atom stereocenters. The molecule has 7 nitrogen and oxygen atoms in total. The third kappa shape index (κ3) is 5.42. The second kappa shape index (κ2) is 9.68. The molecule has 148 valence electrons. The molecule has 0 saturated heterocycles. The summed E-state index contributed by atoms with van der Waals surface area (Å²) >= 11 is 0. The summed E-state index contributed by atoms with van der Waals surface area (Å²) < 4.78 is 20.7. The SMILES string of the molecule is CCNC(=NCC(C)Oc1ccc(F)cc1)NCCc1nnc2ccccn12. The summed E-state index contributed by atoms with van der Waals surface area (Å²) in [5.41, 5.74) is 0.838. The van der Waals surface area contributed by atoms with Gasteiger partial charge in [0.05, 0.1) is 6.54 Å². The molecule has 1 aromatic carbocycles. The summed E-state index contributed by atoms with van der Waals surface area (Å²) in [5.74, 6) is 1.95. The Labute approximate surface area is 163 Å². The van der Waals surface area contributed by atoms with Crippen molar-refractivity contribution < 1.29 is 9.13 Å². The maximum absolute atomic E-state index is 13.0. The van der Waals surface area contributed by atoms with Crippen molar-refractivity contribution in [3.63, 3.8) is 0 Å². The summed E-state index contributed by atoms with van der Waals surface area (Å²) in [4.78, 5) is 4.56. The quantitative estimate of drug-likeness (QED) is 0.461. The molecule has 2 heterocycles. The van der Waals surface area contributed by atoms with Crippen LogP contribution in [0.15, 0.2) is 53.7 Å². The van der Waals surface area contributed by atoms with E-state index in [1.54, 1.807) is 12.1 Å². The van der Waals surface area contributed by atoms with Gasteiger partial charge in [-0.1, -0.05) is 6.07 Å². The van der Waals surface area contributed by atoms with Crippen LogP contribution in [-0.4, -0.2) is 46.3 Å². The van der Waals surface area contributed by atoms with Crippen molar-refractivity contribution in [2.75, 3.05) is 19.6 Å². The van der Waals surface area contributed by atoms with Gasteiger partial charge in [-0.25, -0.2) is 9.38 Å². The van der Waals surface area contributed by atoms with Crippen molar-refractivity contribution >= 4 is 11.6 Å². The summed E-state index contributed by atoms with van der Waals surface area (Å²) in [7, 11) is 0. The monoisotopic (exact) mass is 384 g/mol. The number of hydrogen-bond acceptors (Lipinski definition) is 4. The summed E-state index contributed by atoms with van der Waals surface area (Å²) in [6, 6.07) is 11.8. The van der Waals surface area contributed by atoms with Gasteiger partial charge in [-0.2, -0.15) is 0 Å². The Kier molecular flexibility index (Phi) is 6.78. The Morgan fingerprint density at radius 3 is 2.79 bits per heavy atom. The van der Waals surface area contributed by atoms with Crippen molar-refractivity contribution in [1.29, 1.82) is 0 Å². The lowest BCUT2D eigenvalue weighted by Gasteiger charge is -2.15. The van der Waals surface area contributed by atoms with Crippen LogP contribution in [0.2, 0.25) is 0 Å². The number of aromatic nitrogens is 3. The highest BCUT2D eigenvalue weighted by Gasteiger charge is 2.07. The van der Waals surface area contributed by atoms with Crippen LogP contribution in [0.25, 0.3) is 5.65 Å². The second-order valence-corrected chi connectivity index (χ2v) is 6.32. The van der Waals surface area contributed by atoms with Gasteiger partial charge >= 0.3 is 0 Å². The zero-order chi connectivity index (χ0) is 19.8. The fourth-order valence-corrected chi connectivity index (χ4v) is 2.70. The molecule has 0 aliphatic rings. The summed E-state index contributed by atoms with van der Waals surface area (Å²) in [5, 5.41) is 14.9. The Balaban J connectivity index is 1.51. The average molecular weight is 384 g/mol. The fourth-order valence-electron chi connectivity index (χ4n) is 2.70. The van der Waals surface area contributed by atoms with E-state index in [0.29, 0.717) is 24.8 Å². The molecule has 0 amide bonds. The fraction of sp³-hybridized carbons (Fsp3) is 0.350. The van der Waals surface area contributed by atoms with Crippen LogP contribution >= 0.6 is 0 Å². The Bertz CT molecular complexity index is 908. The molecule has 0 spiro atoms.